The first-order chi connectivity index (χ1) is 8.83. The van der Waals surface area contributed by atoms with Crippen molar-refractivity contribution in [3.05, 3.63) is 34.9 Å². The van der Waals surface area contributed by atoms with Crippen molar-refractivity contribution in [2.75, 3.05) is 5.32 Å². The van der Waals surface area contributed by atoms with Crippen LogP contribution in [0.2, 0.25) is 0 Å². The summed E-state index contributed by atoms with van der Waals surface area (Å²) in [4.78, 5) is 15.9. The molecule has 1 aromatic carbocycles. The molecule has 1 amide bonds. The third-order valence-electron chi connectivity index (χ3n) is 2.29. The van der Waals surface area contributed by atoms with Gasteiger partial charge in [-0.2, -0.15) is 0 Å². The Morgan fingerprint density at radius 1 is 1.32 bits per heavy atom. The summed E-state index contributed by atoms with van der Waals surface area (Å²) < 4.78 is 6.16. The first-order valence-electron chi connectivity index (χ1n) is 5.89. The molecule has 19 heavy (non-hydrogen) atoms. The zero-order chi connectivity index (χ0) is 14.0. The fraction of sp³-hybridized carbons (Fsp3) is 0.286. The van der Waals surface area contributed by atoms with Crippen LogP contribution in [0, 0.1) is 0 Å². The van der Waals surface area contributed by atoms with Crippen LogP contribution in [-0.4, -0.2) is 16.7 Å². The van der Waals surface area contributed by atoms with Gasteiger partial charge in [-0.1, -0.05) is 15.9 Å². The number of hydrogen-bond acceptors (Lipinski definition) is 3. The number of amides is 1. The molecule has 0 fully saturated rings. The minimum Gasteiger partial charge on any atom is -0.444 e. The van der Waals surface area contributed by atoms with Gasteiger partial charge in [-0.15, -0.1) is 0 Å². The standard InChI is InChI=1S/C14H15BrN2O2/c1-14(2,3)19-13(18)17-11-7-9-6-10(15)4-5-12(9)16-8-11/h4-8H,1-3H3,(H,17,18). The zero-order valence-electron chi connectivity index (χ0n) is 11.0. The Morgan fingerprint density at radius 3 is 2.74 bits per heavy atom. The Morgan fingerprint density at radius 2 is 2.05 bits per heavy atom. The summed E-state index contributed by atoms with van der Waals surface area (Å²) in [5, 5.41) is 3.62. The second kappa shape index (κ2) is 5.17. The molecule has 5 heteroatoms. The summed E-state index contributed by atoms with van der Waals surface area (Å²) in [6.07, 6.45) is 1.13. The number of aromatic nitrogens is 1. The highest BCUT2D eigenvalue weighted by Gasteiger charge is 2.16. The zero-order valence-corrected chi connectivity index (χ0v) is 12.6. The number of carbonyl (C=O) groups excluding carboxylic acids is 1. The van der Waals surface area contributed by atoms with Crippen LogP contribution < -0.4 is 5.32 Å². The topological polar surface area (TPSA) is 51.2 Å². The summed E-state index contributed by atoms with van der Waals surface area (Å²) in [7, 11) is 0. The van der Waals surface area contributed by atoms with Gasteiger partial charge in [0.1, 0.15) is 5.60 Å². The number of anilines is 1. The van der Waals surface area contributed by atoms with E-state index in [4.69, 9.17) is 4.74 Å². The Balaban J connectivity index is 2.19. The first kappa shape index (κ1) is 13.8. The number of ether oxygens (including phenoxy) is 1. The molecule has 100 valence electrons. The molecule has 0 aliphatic rings. The summed E-state index contributed by atoms with van der Waals surface area (Å²) in [6, 6.07) is 7.65. The molecule has 0 radical (unpaired) electrons. The lowest BCUT2D eigenvalue weighted by atomic mass is 10.2. The molecule has 0 atom stereocenters. The van der Waals surface area contributed by atoms with Crippen molar-refractivity contribution >= 4 is 38.6 Å². The Labute approximate surface area is 120 Å². The summed E-state index contributed by atoms with van der Waals surface area (Å²) in [5.74, 6) is 0. The van der Waals surface area contributed by atoms with Gasteiger partial charge >= 0.3 is 6.09 Å². The first-order valence-corrected chi connectivity index (χ1v) is 6.68. The van der Waals surface area contributed by atoms with Gasteiger partial charge < -0.3 is 4.74 Å². The molecule has 1 N–H and O–H groups in total. The van der Waals surface area contributed by atoms with E-state index in [0.717, 1.165) is 15.4 Å². The van der Waals surface area contributed by atoms with Crippen molar-refractivity contribution in [3.63, 3.8) is 0 Å². The van der Waals surface area contributed by atoms with Gasteiger partial charge in [0.15, 0.2) is 0 Å². The highest BCUT2D eigenvalue weighted by atomic mass is 79.9. The molecule has 0 bridgehead atoms. The molecule has 0 unspecified atom stereocenters. The highest BCUT2D eigenvalue weighted by Crippen LogP contribution is 2.21. The van der Waals surface area contributed by atoms with Crippen LogP contribution in [-0.2, 0) is 4.74 Å². The van der Waals surface area contributed by atoms with E-state index in [-0.39, 0.29) is 0 Å². The number of benzene rings is 1. The van der Waals surface area contributed by atoms with Gasteiger partial charge in [0.25, 0.3) is 0 Å². The minimum absolute atomic E-state index is 0.483. The fourth-order valence-corrected chi connectivity index (χ4v) is 1.97. The van der Waals surface area contributed by atoms with Crippen molar-refractivity contribution in [2.45, 2.75) is 26.4 Å². The summed E-state index contributed by atoms with van der Waals surface area (Å²) >= 11 is 3.41. The highest BCUT2D eigenvalue weighted by molar-refractivity contribution is 9.10. The third kappa shape index (κ3) is 3.92. The molecule has 2 rings (SSSR count). The second-order valence-corrected chi connectivity index (χ2v) is 6.10. The molecule has 2 aromatic rings. The SMILES string of the molecule is CC(C)(C)OC(=O)Nc1cnc2ccc(Br)cc2c1. The van der Waals surface area contributed by atoms with E-state index in [0.29, 0.717) is 5.69 Å². The molecule has 1 heterocycles. The van der Waals surface area contributed by atoms with Crippen LogP contribution in [0.4, 0.5) is 10.5 Å². The smallest absolute Gasteiger partial charge is 0.412 e. The maximum Gasteiger partial charge on any atom is 0.412 e. The average molecular weight is 323 g/mol. The largest absolute Gasteiger partial charge is 0.444 e. The van der Waals surface area contributed by atoms with Crippen molar-refractivity contribution in [1.82, 2.24) is 4.98 Å². The van der Waals surface area contributed by atoms with Gasteiger partial charge in [0.05, 0.1) is 17.4 Å². The van der Waals surface area contributed by atoms with E-state index >= 15 is 0 Å². The molecule has 0 aliphatic carbocycles. The van der Waals surface area contributed by atoms with E-state index in [1.807, 2.05) is 45.0 Å². The van der Waals surface area contributed by atoms with E-state index in [1.165, 1.54) is 0 Å². The normalized spacial score (nSPS) is 11.4. The lowest BCUT2D eigenvalue weighted by Crippen LogP contribution is -2.27. The predicted octanol–water partition coefficient (Wildman–Crippen LogP) is 4.34. The number of rotatable bonds is 1. The molecular weight excluding hydrogens is 308 g/mol. The molecule has 0 saturated heterocycles. The van der Waals surface area contributed by atoms with Gasteiger partial charge in [0.2, 0.25) is 0 Å². The number of nitrogens with zero attached hydrogens (tertiary/aromatic N) is 1. The van der Waals surface area contributed by atoms with Crippen molar-refractivity contribution < 1.29 is 9.53 Å². The van der Waals surface area contributed by atoms with E-state index in [2.05, 4.69) is 26.2 Å². The van der Waals surface area contributed by atoms with Gasteiger partial charge in [0, 0.05) is 9.86 Å². The number of carbonyl (C=O) groups is 1. The lowest BCUT2D eigenvalue weighted by molar-refractivity contribution is 0.0636. The third-order valence-corrected chi connectivity index (χ3v) is 2.78. The number of pyridine rings is 1. The Bertz CT molecular complexity index is 620. The van der Waals surface area contributed by atoms with Crippen LogP contribution in [0.15, 0.2) is 34.9 Å². The van der Waals surface area contributed by atoms with Gasteiger partial charge in [-0.05, 0) is 45.0 Å². The molecule has 4 nitrogen and oxygen atoms in total. The van der Waals surface area contributed by atoms with Gasteiger partial charge in [-0.3, -0.25) is 10.3 Å². The predicted molar refractivity (Wildman–Crippen MR) is 79.3 cm³/mol. The fourth-order valence-electron chi connectivity index (χ4n) is 1.59. The van der Waals surface area contributed by atoms with E-state index in [1.54, 1.807) is 6.20 Å². The minimum atomic E-state index is -0.516. The molecule has 1 aromatic heterocycles. The van der Waals surface area contributed by atoms with Crippen LogP contribution in [0.5, 0.6) is 0 Å². The number of hydrogen-bond donors (Lipinski definition) is 1. The number of halogens is 1. The number of nitrogens with one attached hydrogen (secondary N) is 1. The molecule has 0 spiro atoms. The second-order valence-electron chi connectivity index (χ2n) is 5.19. The Kier molecular flexibility index (Phi) is 3.75. The van der Waals surface area contributed by atoms with Crippen LogP contribution >= 0.6 is 15.9 Å². The average Bonchev–Trinajstić information content (AvgIpc) is 2.25. The molecule has 0 aliphatic heterocycles. The van der Waals surface area contributed by atoms with E-state index < -0.39 is 11.7 Å². The van der Waals surface area contributed by atoms with Crippen LogP contribution in [0.1, 0.15) is 20.8 Å². The van der Waals surface area contributed by atoms with Gasteiger partial charge in [-0.25, -0.2) is 4.79 Å². The Hall–Kier alpha value is -1.62. The maximum atomic E-state index is 11.7. The molecule has 0 saturated carbocycles. The molecular formula is C14H15BrN2O2. The number of fused-ring (bicyclic) bond motifs is 1. The quantitative estimate of drug-likeness (QED) is 0.849. The van der Waals surface area contributed by atoms with Crippen molar-refractivity contribution in [1.29, 1.82) is 0 Å². The van der Waals surface area contributed by atoms with Crippen molar-refractivity contribution in [3.8, 4) is 0 Å². The maximum absolute atomic E-state index is 11.7. The monoisotopic (exact) mass is 322 g/mol. The summed E-state index contributed by atoms with van der Waals surface area (Å²) in [6.45, 7) is 5.47. The van der Waals surface area contributed by atoms with Crippen molar-refractivity contribution in [2.24, 2.45) is 0 Å². The van der Waals surface area contributed by atoms with E-state index in [9.17, 15) is 4.79 Å². The lowest BCUT2D eigenvalue weighted by Gasteiger charge is -2.19. The van der Waals surface area contributed by atoms with Crippen LogP contribution in [0.3, 0.4) is 0 Å². The summed E-state index contributed by atoms with van der Waals surface area (Å²) in [5.41, 5.74) is 0.968. The van der Waals surface area contributed by atoms with Crippen LogP contribution in [0.25, 0.3) is 10.9 Å².